The van der Waals surface area contributed by atoms with Gasteiger partial charge in [-0.2, -0.15) is 0 Å². The van der Waals surface area contributed by atoms with Crippen LogP contribution in [0.15, 0.2) is 18.2 Å². The molecular formula is C15H21NO4. The summed E-state index contributed by atoms with van der Waals surface area (Å²) in [6, 6.07) is 5.18. The molecule has 0 amide bonds. The summed E-state index contributed by atoms with van der Waals surface area (Å²) in [7, 11) is 1.56. The molecule has 2 rings (SSSR count). The van der Waals surface area contributed by atoms with Gasteiger partial charge in [0.15, 0.2) is 0 Å². The van der Waals surface area contributed by atoms with Crippen LogP contribution >= 0.6 is 0 Å². The number of methoxy groups -OCH3 is 1. The second-order valence-electron chi connectivity index (χ2n) is 5.20. The summed E-state index contributed by atoms with van der Waals surface area (Å²) >= 11 is 0. The van der Waals surface area contributed by atoms with Crippen LogP contribution in [0.3, 0.4) is 0 Å². The SMILES string of the molecule is CCC1CC(C(=O)O)(c2cc(OC)ccc2N)CCO1. The van der Waals surface area contributed by atoms with Gasteiger partial charge in [0.1, 0.15) is 5.75 Å². The monoisotopic (exact) mass is 279 g/mol. The maximum absolute atomic E-state index is 11.9. The van der Waals surface area contributed by atoms with Gasteiger partial charge in [0.25, 0.3) is 0 Å². The first-order valence-electron chi connectivity index (χ1n) is 6.82. The Labute approximate surface area is 118 Å². The maximum Gasteiger partial charge on any atom is 0.314 e. The molecule has 5 nitrogen and oxygen atoms in total. The lowest BCUT2D eigenvalue weighted by Crippen LogP contribution is -2.45. The molecule has 1 aromatic carbocycles. The zero-order chi connectivity index (χ0) is 14.8. The van der Waals surface area contributed by atoms with Crippen LogP contribution in [0.4, 0.5) is 5.69 Å². The van der Waals surface area contributed by atoms with E-state index in [4.69, 9.17) is 15.2 Å². The summed E-state index contributed by atoms with van der Waals surface area (Å²) in [6.45, 7) is 2.43. The van der Waals surface area contributed by atoms with E-state index in [1.165, 1.54) is 0 Å². The highest BCUT2D eigenvalue weighted by Crippen LogP contribution is 2.42. The standard InChI is InChI=1S/C15H21NO4/c1-3-10-9-15(14(17)18,6-7-20-10)12-8-11(19-2)4-5-13(12)16/h4-5,8,10H,3,6-7,9,16H2,1-2H3,(H,17,18). The average molecular weight is 279 g/mol. The lowest BCUT2D eigenvalue weighted by molar-refractivity contribution is -0.150. The Hall–Kier alpha value is -1.75. The Kier molecular flexibility index (Phi) is 4.18. The number of anilines is 1. The highest BCUT2D eigenvalue weighted by Gasteiger charge is 2.46. The number of carboxylic acids is 1. The van der Waals surface area contributed by atoms with Crippen molar-refractivity contribution in [2.24, 2.45) is 0 Å². The van der Waals surface area contributed by atoms with Crippen molar-refractivity contribution >= 4 is 11.7 Å². The third-order valence-electron chi connectivity index (χ3n) is 4.10. The van der Waals surface area contributed by atoms with E-state index in [-0.39, 0.29) is 6.10 Å². The van der Waals surface area contributed by atoms with Crippen LogP contribution in [0.5, 0.6) is 5.75 Å². The number of nitrogen functional groups attached to an aromatic ring is 1. The summed E-state index contributed by atoms with van der Waals surface area (Å²) in [6.07, 6.45) is 1.61. The summed E-state index contributed by atoms with van der Waals surface area (Å²) < 4.78 is 10.8. The Morgan fingerprint density at radius 2 is 2.35 bits per heavy atom. The summed E-state index contributed by atoms with van der Waals surface area (Å²) in [5.41, 5.74) is 6.16. The largest absolute Gasteiger partial charge is 0.497 e. The van der Waals surface area contributed by atoms with Crippen molar-refractivity contribution in [3.8, 4) is 5.75 Å². The molecule has 1 saturated heterocycles. The summed E-state index contributed by atoms with van der Waals surface area (Å²) in [5.74, 6) is -0.228. The number of hydrogen-bond acceptors (Lipinski definition) is 4. The molecule has 0 radical (unpaired) electrons. The van der Waals surface area contributed by atoms with Crippen molar-refractivity contribution in [2.75, 3.05) is 19.5 Å². The molecule has 2 unspecified atom stereocenters. The Morgan fingerprint density at radius 1 is 1.60 bits per heavy atom. The number of benzene rings is 1. The Morgan fingerprint density at radius 3 is 2.95 bits per heavy atom. The number of nitrogens with two attached hydrogens (primary N) is 1. The number of ether oxygens (including phenoxy) is 2. The van der Waals surface area contributed by atoms with Gasteiger partial charge in [-0.1, -0.05) is 6.92 Å². The van der Waals surface area contributed by atoms with Crippen LogP contribution in [0, 0.1) is 0 Å². The summed E-state index contributed by atoms with van der Waals surface area (Å²) in [4.78, 5) is 11.9. The zero-order valence-corrected chi connectivity index (χ0v) is 11.9. The second kappa shape index (κ2) is 5.71. The first-order chi connectivity index (χ1) is 9.53. The molecular weight excluding hydrogens is 258 g/mol. The molecule has 2 atom stereocenters. The van der Waals surface area contributed by atoms with Gasteiger partial charge in [-0.05, 0) is 43.0 Å². The maximum atomic E-state index is 11.9. The minimum absolute atomic E-state index is 0.0505. The van der Waals surface area contributed by atoms with Crippen molar-refractivity contribution in [3.05, 3.63) is 23.8 Å². The summed E-state index contributed by atoms with van der Waals surface area (Å²) in [5, 5.41) is 9.79. The van der Waals surface area contributed by atoms with E-state index >= 15 is 0 Å². The van der Waals surface area contributed by atoms with Crippen molar-refractivity contribution < 1.29 is 19.4 Å². The molecule has 1 aliphatic heterocycles. The van der Waals surface area contributed by atoms with Gasteiger partial charge in [0.05, 0.1) is 18.6 Å². The first-order valence-corrected chi connectivity index (χ1v) is 6.82. The van der Waals surface area contributed by atoms with Crippen molar-refractivity contribution in [1.82, 2.24) is 0 Å². The van der Waals surface area contributed by atoms with Gasteiger partial charge in [0, 0.05) is 12.3 Å². The number of rotatable bonds is 4. The molecule has 1 aromatic rings. The second-order valence-corrected chi connectivity index (χ2v) is 5.20. The van der Waals surface area contributed by atoms with Crippen LogP contribution in [-0.2, 0) is 14.9 Å². The molecule has 1 fully saturated rings. The lowest BCUT2D eigenvalue weighted by Gasteiger charge is -2.38. The molecule has 0 bridgehead atoms. The zero-order valence-electron chi connectivity index (χ0n) is 11.9. The average Bonchev–Trinajstić information content (AvgIpc) is 2.47. The van der Waals surface area contributed by atoms with Crippen LogP contribution in [0.25, 0.3) is 0 Å². The molecule has 3 N–H and O–H groups in total. The van der Waals surface area contributed by atoms with E-state index in [1.807, 2.05) is 6.92 Å². The molecule has 0 aromatic heterocycles. The van der Waals surface area contributed by atoms with Crippen molar-refractivity contribution in [3.63, 3.8) is 0 Å². The number of carboxylic acid groups (broad SMARTS) is 1. The Balaban J connectivity index is 2.50. The molecule has 5 heteroatoms. The number of aliphatic carboxylic acids is 1. The fourth-order valence-electron chi connectivity index (χ4n) is 2.84. The Bertz CT molecular complexity index is 503. The quantitative estimate of drug-likeness (QED) is 0.826. The van der Waals surface area contributed by atoms with E-state index < -0.39 is 11.4 Å². The fraction of sp³-hybridized carbons (Fsp3) is 0.533. The van der Waals surface area contributed by atoms with E-state index in [9.17, 15) is 9.90 Å². The molecule has 0 spiro atoms. The van der Waals surface area contributed by atoms with Gasteiger partial charge in [0.2, 0.25) is 0 Å². The predicted octanol–water partition coefficient (Wildman–Crippen LogP) is 2.19. The first kappa shape index (κ1) is 14.7. The van der Waals surface area contributed by atoms with Crippen LogP contribution < -0.4 is 10.5 Å². The minimum atomic E-state index is -0.989. The molecule has 110 valence electrons. The topological polar surface area (TPSA) is 81.8 Å². The molecule has 1 aliphatic rings. The van der Waals surface area contributed by atoms with Gasteiger partial charge < -0.3 is 20.3 Å². The van der Waals surface area contributed by atoms with E-state index in [0.717, 1.165) is 6.42 Å². The van der Waals surface area contributed by atoms with Crippen LogP contribution in [-0.4, -0.2) is 30.9 Å². The third kappa shape index (κ3) is 2.45. The number of hydrogen-bond donors (Lipinski definition) is 2. The van der Waals surface area contributed by atoms with E-state index in [2.05, 4.69) is 0 Å². The normalized spacial score (nSPS) is 26.2. The van der Waals surface area contributed by atoms with Crippen molar-refractivity contribution in [1.29, 1.82) is 0 Å². The highest BCUT2D eigenvalue weighted by molar-refractivity contribution is 5.84. The fourth-order valence-corrected chi connectivity index (χ4v) is 2.84. The minimum Gasteiger partial charge on any atom is -0.497 e. The molecule has 0 aliphatic carbocycles. The van der Waals surface area contributed by atoms with Gasteiger partial charge in [-0.15, -0.1) is 0 Å². The smallest absolute Gasteiger partial charge is 0.314 e. The molecule has 0 saturated carbocycles. The predicted molar refractivity (Wildman–Crippen MR) is 76.0 cm³/mol. The van der Waals surface area contributed by atoms with Gasteiger partial charge >= 0.3 is 5.97 Å². The third-order valence-corrected chi connectivity index (χ3v) is 4.10. The molecule has 1 heterocycles. The van der Waals surface area contributed by atoms with Crippen LogP contribution in [0.2, 0.25) is 0 Å². The van der Waals surface area contributed by atoms with Gasteiger partial charge in [-0.25, -0.2) is 0 Å². The van der Waals surface area contributed by atoms with E-state index in [1.54, 1.807) is 25.3 Å². The molecule has 20 heavy (non-hydrogen) atoms. The van der Waals surface area contributed by atoms with E-state index in [0.29, 0.717) is 36.4 Å². The number of carbonyl (C=O) groups is 1. The highest BCUT2D eigenvalue weighted by atomic mass is 16.5. The van der Waals surface area contributed by atoms with Gasteiger partial charge in [-0.3, -0.25) is 4.79 Å². The van der Waals surface area contributed by atoms with Crippen LogP contribution in [0.1, 0.15) is 31.7 Å². The van der Waals surface area contributed by atoms with Crippen molar-refractivity contribution in [2.45, 2.75) is 37.7 Å². The lowest BCUT2D eigenvalue weighted by atomic mass is 9.71.